The zero-order chi connectivity index (χ0) is 17.2. The molecule has 0 bridgehead atoms. The molecule has 0 radical (unpaired) electrons. The average Bonchev–Trinajstić information content (AvgIpc) is 2.62. The van der Waals surface area contributed by atoms with Crippen molar-refractivity contribution >= 4 is 15.7 Å². The van der Waals surface area contributed by atoms with E-state index < -0.39 is 14.9 Å². The first-order valence-electron chi connectivity index (χ1n) is 8.44. The predicted octanol–water partition coefficient (Wildman–Crippen LogP) is 2.00. The Morgan fingerprint density at radius 2 is 1.92 bits per heavy atom. The zero-order valence-corrected chi connectivity index (χ0v) is 14.4. The zero-order valence-electron chi connectivity index (χ0n) is 13.6. The van der Waals surface area contributed by atoms with E-state index in [9.17, 15) is 18.5 Å². The summed E-state index contributed by atoms with van der Waals surface area (Å²) in [6, 6.07) is 5.61. The molecule has 0 saturated carbocycles. The number of piperidine rings is 2. The van der Waals surface area contributed by atoms with Crippen LogP contribution in [0.1, 0.15) is 25.7 Å². The fourth-order valence-electron chi connectivity index (χ4n) is 3.82. The van der Waals surface area contributed by atoms with Crippen LogP contribution in [0.15, 0.2) is 29.2 Å². The largest absolute Gasteiger partial charge is 0.316 e. The minimum absolute atomic E-state index is 0.197. The third-order valence-corrected chi connectivity index (χ3v) is 7.01. The number of rotatable bonds is 4. The van der Waals surface area contributed by atoms with Crippen LogP contribution in [0.5, 0.6) is 0 Å². The molecule has 24 heavy (non-hydrogen) atoms. The second-order valence-corrected chi connectivity index (χ2v) is 8.50. The lowest BCUT2D eigenvalue weighted by Gasteiger charge is -2.37. The van der Waals surface area contributed by atoms with Gasteiger partial charge in [0.25, 0.3) is 5.69 Å². The molecular formula is C16H23N3O4S. The number of nitrogens with one attached hydrogen (secondary N) is 1. The molecule has 8 heteroatoms. The Morgan fingerprint density at radius 1 is 1.17 bits per heavy atom. The molecule has 1 N–H and O–H groups in total. The van der Waals surface area contributed by atoms with Crippen molar-refractivity contribution in [2.24, 2.45) is 11.8 Å². The summed E-state index contributed by atoms with van der Waals surface area (Å²) in [7, 11) is -3.84. The molecule has 132 valence electrons. The molecule has 2 fully saturated rings. The minimum Gasteiger partial charge on any atom is -0.316 e. The molecule has 7 nitrogen and oxygen atoms in total. The van der Waals surface area contributed by atoms with Gasteiger partial charge in [-0.05, 0) is 56.7 Å². The molecule has 0 spiro atoms. The summed E-state index contributed by atoms with van der Waals surface area (Å²) in [5.74, 6) is 0.812. The van der Waals surface area contributed by atoms with E-state index in [1.165, 1.54) is 28.6 Å². The van der Waals surface area contributed by atoms with Crippen molar-refractivity contribution in [3.63, 3.8) is 0 Å². The Bertz CT molecular complexity index is 701. The van der Waals surface area contributed by atoms with Crippen LogP contribution in [0.3, 0.4) is 0 Å². The van der Waals surface area contributed by atoms with Crippen LogP contribution in [0, 0.1) is 22.0 Å². The van der Waals surface area contributed by atoms with E-state index >= 15 is 0 Å². The monoisotopic (exact) mass is 353 g/mol. The Labute approximate surface area is 142 Å². The van der Waals surface area contributed by atoms with Crippen molar-refractivity contribution in [3.05, 3.63) is 34.4 Å². The van der Waals surface area contributed by atoms with Crippen molar-refractivity contribution in [3.8, 4) is 0 Å². The molecule has 3 rings (SSSR count). The summed E-state index contributed by atoms with van der Waals surface area (Å²) in [4.78, 5) is 10.4. The SMILES string of the molecule is O=[N+]([O-])c1ccccc1S(=O)(=O)N1CCCC(C2CCCNC2)C1. The molecule has 1 aromatic rings. The molecule has 0 aliphatic carbocycles. The Balaban J connectivity index is 1.83. The Hall–Kier alpha value is -1.51. The van der Waals surface area contributed by atoms with Crippen molar-refractivity contribution < 1.29 is 13.3 Å². The topological polar surface area (TPSA) is 92.5 Å². The highest BCUT2D eigenvalue weighted by atomic mass is 32.2. The molecule has 2 atom stereocenters. The van der Waals surface area contributed by atoms with Crippen LogP contribution in [0.25, 0.3) is 0 Å². The Kier molecular flexibility index (Phi) is 5.17. The quantitative estimate of drug-likeness (QED) is 0.660. The molecule has 2 heterocycles. The van der Waals surface area contributed by atoms with Gasteiger partial charge in [0.15, 0.2) is 4.90 Å². The number of benzene rings is 1. The molecule has 0 aromatic heterocycles. The molecule has 2 aliphatic rings. The van der Waals surface area contributed by atoms with E-state index in [2.05, 4.69) is 5.32 Å². The average molecular weight is 353 g/mol. The maximum atomic E-state index is 12.9. The molecular weight excluding hydrogens is 330 g/mol. The second kappa shape index (κ2) is 7.16. The summed E-state index contributed by atoms with van der Waals surface area (Å²) < 4.78 is 27.3. The lowest BCUT2D eigenvalue weighted by Crippen LogP contribution is -2.45. The number of nitro groups is 1. The van der Waals surface area contributed by atoms with Gasteiger partial charge in [-0.1, -0.05) is 12.1 Å². The lowest BCUT2D eigenvalue weighted by molar-refractivity contribution is -0.387. The highest BCUT2D eigenvalue weighted by Gasteiger charge is 2.36. The predicted molar refractivity (Wildman–Crippen MR) is 90.2 cm³/mol. The molecule has 2 unspecified atom stereocenters. The summed E-state index contributed by atoms with van der Waals surface area (Å²) in [5.41, 5.74) is -0.348. The number of hydrogen-bond acceptors (Lipinski definition) is 5. The number of sulfonamides is 1. The van der Waals surface area contributed by atoms with Gasteiger partial charge >= 0.3 is 0 Å². The van der Waals surface area contributed by atoms with Crippen LogP contribution in [0.4, 0.5) is 5.69 Å². The van der Waals surface area contributed by atoms with Gasteiger partial charge in [-0.3, -0.25) is 10.1 Å². The standard InChI is InChI=1S/C16H23N3O4S/c20-19(21)15-7-1-2-8-16(15)24(22,23)18-10-4-6-14(12-18)13-5-3-9-17-11-13/h1-2,7-8,13-14,17H,3-6,9-12H2. The Morgan fingerprint density at radius 3 is 2.62 bits per heavy atom. The van der Waals surface area contributed by atoms with E-state index in [4.69, 9.17) is 0 Å². The highest BCUT2D eigenvalue weighted by molar-refractivity contribution is 7.89. The van der Waals surface area contributed by atoms with Crippen LogP contribution in [0.2, 0.25) is 0 Å². The maximum absolute atomic E-state index is 12.9. The first kappa shape index (κ1) is 17.3. The summed E-state index contributed by atoms with van der Waals surface area (Å²) in [5, 5.41) is 14.6. The van der Waals surface area contributed by atoms with Crippen molar-refractivity contribution in [1.29, 1.82) is 0 Å². The van der Waals surface area contributed by atoms with Crippen molar-refractivity contribution in [1.82, 2.24) is 9.62 Å². The van der Waals surface area contributed by atoms with E-state index in [1.54, 1.807) is 0 Å². The van der Waals surface area contributed by atoms with Gasteiger partial charge in [0.2, 0.25) is 10.0 Å². The summed E-state index contributed by atoms with van der Waals surface area (Å²) in [6.07, 6.45) is 4.07. The normalized spacial score (nSPS) is 26.2. The molecule has 2 saturated heterocycles. The van der Waals surface area contributed by atoms with Gasteiger partial charge in [0.05, 0.1) is 4.92 Å². The first-order valence-corrected chi connectivity index (χ1v) is 9.88. The number of para-hydroxylation sites is 1. The van der Waals surface area contributed by atoms with Gasteiger partial charge in [-0.15, -0.1) is 0 Å². The fourth-order valence-corrected chi connectivity index (χ4v) is 5.52. The summed E-state index contributed by atoms with van der Waals surface area (Å²) in [6.45, 7) is 2.86. The van der Waals surface area contributed by atoms with E-state index in [-0.39, 0.29) is 10.6 Å². The van der Waals surface area contributed by atoms with Gasteiger partial charge in [0.1, 0.15) is 0 Å². The van der Waals surface area contributed by atoms with E-state index in [0.717, 1.165) is 38.8 Å². The van der Waals surface area contributed by atoms with E-state index in [1.807, 2.05) is 0 Å². The molecule has 1 aromatic carbocycles. The smallest absolute Gasteiger partial charge is 0.289 e. The van der Waals surface area contributed by atoms with E-state index in [0.29, 0.717) is 24.9 Å². The number of hydrogen-bond donors (Lipinski definition) is 1. The van der Waals surface area contributed by atoms with Gasteiger partial charge in [-0.25, -0.2) is 8.42 Å². The highest BCUT2D eigenvalue weighted by Crippen LogP contribution is 2.33. The van der Waals surface area contributed by atoms with Crippen LogP contribution < -0.4 is 5.32 Å². The van der Waals surface area contributed by atoms with Crippen LogP contribution in [-0.2, 0) is 10.0 Å². The third-order valence-electron chi connectivity index (χ3n) is 5.10. The minimum atomic E-state index is -3.84. The van der Waals surface area contributed by atoms with Gasteiger partial charge < -0.3 is 5.32 Å². The van der Waals surface area contributed by atoms with Crippen molar-refractivity contribution in [2.45, 2.75) is 30.6 Å². The number of nitrogens with zero attached hydrogens (tertiary/aromatic N) is 2. The van der Waals surface area contributed by atoms with Gasteiger partial charge in [0, 0.05) is 19.2 Å². The first-order chi connectivity index (χ1) is 11.5. The third kappa shape index (κ3) is 3.45. The number of nitro benzene ring substituents is 1. The second-order valence-electron chi connectivity index (χ2n) is 6.60. The molecule has 0 amide bonds. The van der Waals surface area contributed by atoms with Gasteiger partial charge in [-0.2, -0.15) is 4.31 Å². The van der Waals surface area contributed by atoms with Crippen LogP contribution >= 0.6 is 0 Å². The van der Waals surface area contributed by atoms with Crippen molar-refractivity contribution in [2.75, 3.05) is 26.2 Å². The fraction of sp³-hybridized carbons (Fsp3) is 0.625. The summed E-state index contributed by atoms with van der Waals surface area (Å²) >= 11 is 0. The molecule has 2 aliphatic heterocycles. The maximum Gasteiger partial charge on any atom is 0.289 e. The lowest BCUT2D eigenvalue weighted by atomic mass is 9.82. The van der Waals surface area contributed by atoms with Crippen LogP contribution in [-0.4, -0.2) is 43.8 Å².